The summed E-state index contributed by atoms with van der Waals surface area (Å²) in [4.78, 5) is 19.0. The molecule has 142 valence electrons. The molecule has 2 N–H and O–H groups in total. The standard InChI is InChI=1S/C20H36N4O/c1-21-20(22-13-6-9-16-7-2-3-8-16)23-18-12-14-24(15-18)19(25)17-10-4-5-11-17/h16-18H,2-15H2,1H3,(H2,21,22,23). The minimum Gasteiger partial charge on any atom is -0.356 e. The van der Waals surface area contributed by atoms with E-state index in [2.05, 4.69) is 20.5 Å². The topological polar surface area (TPSA) is 56.7 Å². The van der Waals surface area contributed by atoms with Crippen molar-refractivity contribution < 1.29 is 4.79 Å². The van der Waals surface area contributed by atoms with Crippen molar-refractivity contribution in [2.75, 3.05) is 26.7 Å². The molecule has 1 aliphatic heterocycles. The minimum absolute atomic E-state index is 0.298. The predicted molar refractivity (Wildman–Crippen MR) is 103 cm³/mol. The Hall–Kier alpha value is -1.26. The van der Waals surface area contributed by atoms with Crippen LogP contribution in [0, 0.1) is 11.8 Å². The molecule has 25 heavy (non-hydrogen) atoms. The summed E-state index contributed by atoms with van der Waals surface area (Å²) in [7, 11) is 1.84. The molecular formula is C20H36N4O. The van der Waals surface area contributed by atoms with Gasteiger partial charge in [-0.2, -0.15) is 0 Å². The van der Waals surface area contributed by atoms with Gasteiger partial charge in [-0.15, -0.1) is 0 Å². The number of hydrogen-bond donors (Lipinski definition) is 2. The number of hydrogen-bond acceptors (Lipinski definition) is 2. The van der Waals surface area contributed by atoms with Crippen LogP contribution in [0.15, 0.2) is 4.99 Å². The van der Waals surface area contributed by atoms with Crippen molar-refractivity contribution in [2.45, 2.75) is 76.7 Å². The highest BCUT2D eigenvalue weighted by Crippen LogP contribution is 2.28. The van der Waals surface area contributed by atoms with Crippen LogP contribution in [-0.4, -0.2) is 49.5 Å². The van der Waals surface area contributed by atoms with Gasteiger partial charge in [0.2, 0.25) is 5.91 Å². The maximum Gasteiger partial charge on any atom is 0.225 e. The van der Waals surface area contributed by atoms with Gasteiger partial charge in [-0.3, -0.25) is 9.79 Å². The van der Waals surface area contributed by atoms with E-state index in [1.807, 2.05) is 7.05 Å². The molecule has 1 heterocycles. The van der Waals surface area contributed by atoms with Gasteiger partial charge < -0.3 is 15.5 Å². The Labute approximate surface area is 153 Å². The van der Waals surface area contributed by atoms with Crippen molar-refractivity contribution in [3.8, 4) is 0 Å². The SMILES string of the molecule is CN=C(NCCCC1CCCC1)NC1CCN(C(=O)C2CCCC2)C1. The van der Waals surface area contributed by atoms with E-state index in [0.717, 1.165) is 50.8 Å². The fraction of sp³-hybridized carbons (Fsp3) is 0.900. The summed E-state index contributed by atoms with van der Waals surface area (Å²) >= 11 is 0. The Morgan fingerprint density at radius 2 is 1.80 bits per heavy atom. The Morgan fingerprint density at radius 1 is 1.08 bits per heavy atom. The second kappa shape index (κ2) is 9.44. The van der Waals surface area contributed by atoms with Crippen molar-refractivity contribution in [1.29, 1.82) is 0 Å². The molecule has 0 aromatic rings. The fourth-order valence-corrected chi connectivity index (χ4v) is 4.79. The molecule has 0 aromatic heterocycles. The molecule has 5 nitrogen and oxygen atoms in total. The van der Waals surface area contributed by atoms with Crippen molar-refractivity contribution >= 4 is 11.9 Å². The predicted octanol–water partition coefficient (Wildman–Crippen LogP) is 2.91. The van der Waals surface area contributed by atoms with Crippen LogP contribution >= 0.6 is 0 Å². The van der Waals surface area contributed by atoms with E-state index in [4.69, 9.17) is 0 Å². The Kier molecular flexibility index (Phi) is 7.00. The molecule has 1 atom stereocenters. The summed E-state index contributed by atoms with van der Waals surface area (Å²) in [6.07, 6.45) is 14.0. The van der Waals surface area contributed by atoms with Gasteiger partial charge >= 0.3 is 0 Å². The summed E-state index contributed by atoms with van der Waals surface area (Å²) in [5.41, 5.74) is 0. The van der Waals surface area contributed by atoms with Gasteiger partial charge in [0.15, 0.2) is 5.96 Å². The first kappa shape index (κ1) is 18.5. The number of amides is 1. The first-order chi connectivity index (χ1) is 12.3. The number of guanidine groups is 1. The third-order valence-corrected chi connectivity index (χ3v) is 6.33. The Bertz CT molecular complexity index is 453. The molecule has 0 spiro atoms. The number of carbonyl (C=O) groups is 1. The van der Waals surface area contributed by atoms with Crippen molar-refractivity contribution in [3.63, 3.8) is 0 Å². The van der Waals surface area contributed by atoms with Crippen LogP contribution in [0.2, 0.25) is 0 Å². The van der Waals surface area contributed by atoms with Gasteiger partial charge in [-0.1, -0.05) is 38.5 Å². The smallest absolute Gasteiger partial charge is 0.225 e. The van der Waals surface area contributed by atoms with E-state index in [1.54, 1.807) is 0 Å². The molecule has 3 aliphatic rings. The quantitative estimate of drug-likeness (QED) is 0.441. The van der Waals surface area contributed by atoms with Gasteiger partial charge in [-0.05, 0) is 38.0 Å². The maximum atomic E-state index is 12.5. The molecule has 3 rings (SSSR count). The second-order valence-corrected chi connectivity index (χ2v) is 8.19. The molecule has 0 radical (unpaired) electrons. The Balaban J connectivity index is 1.33. The highest BCUT2D eigenvalue weighted by atomic mass is 16.2. The van der Waals surface area contributed by atoms with Crippen LogP contribution in [-0.2, 0) is 4.79 Å². The number of nitrogens with zero attached hydrogens (tertiary/aromatic N) is 2. The molecule has 2 aliphatic carbocycles. The summed E-state index contributed by atoms with van der Waals surface area (Å²) in [5.74, 6) is 2.54. The number of nitrogens with one attached hydrogen (secondary N) is 2. The minimum atomic E-state index is 0.298. The number of carbonyl (C=O) groups excluding carboxylic acids is 1. The number of likely N-dealkylation sites (tertiary alicyclic amines) is 1. The first-order valence-corrected chi connectivity index (χ1v) is 10.5. The lowest BCUT2D eigenvalue weighted by Gasteiger charge is -2.21. The average Bonchev–Trinajstić information content (AvgIpc) is 3.39. The molecular weight excluding hydrogens is 312 g/mol. The third-order valence-electron chi connectivity index (χ3n) is 6.33. The zero-order valence-corrected chi connectivity index (χ0v) is 15.9. The van der Waals surface area contributed by atoms with E-state index < -0.39 is 0 Å². The van der Waals surface area contributed by atoms with Crippen LogP contribution in [0.1, 0.15) is 70.6 Å². The lowest BCUT2D eigenvalue weighted by molar-refractivity contribution is -0.134. The summed E-state index contributed by atoms with van der Waals surface area (Å²) in [6, 6.07) is 0.339. The van der Waals surface area contributed by atoms with Crippen LogP contribution in [0.4, 0.5) is 0 Å². The molecule has 5 heteroatoms. The lowest BCUT2D eigenvalue weighted by Crippen LogP contribution is -2.45. The van der Waals surface area contributed by atoms with Gasteiger partial charge in [0.25, 0.3) is 0 Å². The van der Waals surface area contributed by atoms with Crippen LogP contribution in [0.25, 0.3) is 0 Å². The number of rotatable bonds is 6. The highest BCUT2D eigenvalue weighted by molar-refractivity contribution is 5.81. The molecule has 1 saturated heterocycles. The van der Waals surface area contributed by atoms with Gasteiger partial charge in [-0.25, -0.2) is 0 Å². The average molecular weight is 349 g/mol. The van der Waals surface area contributed by atoms with E-state index in [1.165, 1.54) is 51.4 Å². The van der Waals surface area contributed by atoms with Gasteiger partial charge in [0.1, 0.15) is 0 Å². The third kappa shape index (κ3) is 5.35. The summed E-state index contributed by atoms with van der Waals surface area (Å²) in [6.45, 7) is 2.72. The zero-order valence-electron chi connectivity index (χ0n) is 15.9. The summed E-state index contributed by atoms with van der Waals surface area (Å²) < 4.78 is 0. The largest absolute Gasteiger partial charge is 0.356 e. The van der Waals surface area contributed by atoms with E-state index in [0.29, 0.717) is 17.9 Å². The molecule has 2 saturated carbocycles. The van der Waals surface area contributed by atoms with Gasteiger partial charge in [0.05, 0.1) is 0 Å². The molecule has 0 bridgehead atoms. The normalized spacial score (nSPS) is 25.7. The molecule has 0 aromatic carbocycles. The van der Waals surface area contributed by atoms with Crippen LogP contribution in [0.5, 0.6) is 0 Å². The highest BCUT2D eigenvalue weighted by Gasteiger charge is 2.32. The van der Waals surface area contributed by atoms with Gasteiger partial charge in [0, 0.05) is 38.6 Å². The molecule has 1 amide bonds. The lowest BCUT2D eigenvalue weighted by atomic mass is 10.0. The maximum absolute atomic E-state index is 12.5. The van der Waals surface area contributed by atoms with E-state index in [9.17, 15) is 4.79 Å². The van der Waals surface area contributed by atoms with E-state index >= 15 is 0 Å². The summed E-state index contributed by atoms with van der Waals surface area (Å²) in [5, 5.41) is 6.97. The molecule has 3 fully saturated rings. The first-order valence-electron chi connectivity index (χ1n) is 10.5. The van der Waals surface area contributed by atoms with Crippen molar-refractivity contribution in [3.05, 3.63) is 0 Å². The molecule has 1 unspecified atom stereocenters. The fourth-order valence-electron chi connectivity index (χ4n) is 4.79. The Morgan fingerprint density at radius 3 is 2.52 bits per heavy atom. The van der Waals surface area contributed by atoms with Crippen molar-refractivity contribution in [1.82, 2.24) is 15.5 Å². The second-order valence-electron chi connectivity index (χ2n) is 8.19. The van der Waals surface area contributed by atoms with Crippen molar-refractivity contribution in [2.24, 2.45) is 16.8 Å². The number of aliphatic imine (C=N–C) groups is 1. The monoisotopic (exact) mass is 348 g/mol. The van der Waals surface area contributed by atoms with E-state index in [-0.39, 0.29) is 0 Å². The van der Waals surface area contributed by atoms with Crippen LogP contribution in [0.3, 0.4) is 0 Å². The zero-order chi connectivity index (χ0) is 17.5. The van der Waals surface area contributed by atoms with Crippen LogP contribution < -0.4 is 10.6 Å².